The van der Waals surface area contributed by atoms with Gasteiger partial charge in [-0.25, -0.2) is 4.39 Å². The van der Waals surface area contributed by atoms with Crippen LogP contribution in [0.25, 0.3) is 0 Å². The van der Waals surface area contributed by atoms with Gasteiger partial charge in [0.05, 0.1) is 0 Å². The fourth-order valence-electron chi connectivity index (χ4n) is 3.52. The zero-order valence-electron chi connectivity index (χ0n) is 15.5. The summed E-state index contributed by atoms with van der Waals surface area (Å²) in [5.74, 6) is -0.123. The highest BCUT2D eigenvalue weighted by molar-refractivity contribution is 5.92. The van der Waals surface area contributed by atoms with Gasteiger partial charge in [-0.05, 0) is 50.2 Å². The number of hydrogen-bond acceptors (Lipinski definition) is 4. The smallest absolute Gasteiger partial charge is 0.227 e. The average molecular weight is 399 g/mol. The molecule has 27 heavy (non-hydrogen) atoms. The topological polar surface area (TPSA) is 64.7 Å². The summed E-state index contributed by atoms with van der Waals surface area (Å²) in [7, 11) is 0. The lowest BCUT2D eigenvalue weighted by Crippen LogP contribution is -2.47. The molecule has 0 unspecified atom stereocenters. The average Bonchev–Trinajstić information content (AvgIpc) is 2.69. The Morgan fingerprint density at radius 1 is 1.07 bits per heavy atom. The largest absolute Gasteiger partial charge is 0.340 e. The standard InChI is InChI=1S/C19H27FN4O2.ClH/c20-16-1-3-17(4-2-16)22-19(26)15-5-10-23(11-6-15)12-7-18(25)24-13-8-21-9-14-24;/h1-4,15,21H,5-14H2,(H,22,26);1H. The van der Waals surface area contributed by atoms with Gasteiger partial charge in [0.1, 0.15) is 5.82 Å². The van der Waals surface area contributed by atoms with Crippen molar-refractivity contribution in [1.82, 2.24) is 15.1 Å². The van der Waals surface area contributed by atoms with Gasteiger partial charge >= 0.3 is 0 Å². The second-order valence-electron chi connectivity index (χ2n) is 6.99. The number of piperazine rings is 1. The van der Waals surface area contributed by atoms with Crippen LogP contribution in [0, 0.1) is 11.7 Å². The second kappa shape index (κ2) is 10.6. The minimum absolute atomic E-state index is 0. The molecule has 2 N–H and O–H groups in total. The molecule has 0 radical (unpaired) electrons. The minimum Gasteiger partial charge on any atom is -0.340 e. The van der Waals surface area contributed by atoms with E-state index in [4.69, 9.17) is 0 Å². The molecule has 2 saturated heterocycles. The molecule has 2 fully saturated rings. The van der Waals surface area contributed by atoms with Crippen molar-refractivity contribution in [3.8, 4) is 0 Å². The Hall–Kier alpha value is -1.70. The van der Waals surface area contributed by atoms with Crippen LogP contribution < -0.4 is 10.6 Å². The number of carbonyl (C=O) groups excluding carboxylic acids is 2. The predicted octanol–water partition coefficient (Wildman–Crippen LogP) is 1.72. The van der Waals surface area contributed by atoms with E-state index in [1.807, 2.05) is 4.90 Å². The van der Waals surface area contributed by atoms with Crippen LogP contribution in [0.15, 0.2) is 24.3 Å². The molecule has 2 aliphatic rings. The summed E-state index contributed by atoms with van der Waals surface area (Å²) in [4.78, 5) is 28.8. The SMILES string of the molecule is Cl.O=C(Nc1ccc(F)cc1)C1CCN(CCC(=O)N2CCNCC2)CC1. The number of carbonyl (C=O) groups is 2. The van der Waals surface area contributed by atoms with E-state index in [9.17, 15) is 14.0 Å². The van der Waals surface area contributed by atoms with Gasteiger partial charge in [-0.1, -0.05) is 0 Å². The summed E-state index contributed by atoms with van der Waals surface area (Å²) in [5.41, 5.74) is 0.625. The molecular formula is C19H28ClFN4O2. The monoisotopic (exact) mass is 398 g/mol. The molecule has 0 bridgehead atoms. The summed E-state index contributed by atoms with van der Waals surface area (Å²) in [6.45, 7) is 5.76. The van der Waals surface area contributed by atoms with E-state index in [2.05, 4.69) is 15.5 Å². The van der Waals surface area contributed by atoms with Gasteiger partial charge in [-0.2, -0.15) is 0 Å². The number of rotatable bonds is 5. The van der Waals surface area contributed by atoms with Crippen molar-refractivity contribution < 1.29 is 14.0 Å². The van der Waals surface area contributed by atoms with E-state index in [1.54, 1.807) is 12.1 Å². The number of likely N-dealkylation sites (tertiary alicyclic amines) is 1. The number of benzene rings is 1. The van der Waals surface area contributed by atoms with Crippen molar-refractivity contribution in [2.75, 3.05) is 51.1 Å². The normalized spacial score (nSPS) is 18.6. The van der Waals surface area contributed by atoms with Crippen LogP contribution in [-0.4, -0.2) is 67.4 Å². The molecule has 3 rings (SSSR count). The molecule has 0 aliphatic carbocycles. The molecule has 0 spiro atoms. The van der Waals surface area contributed by atoms with E-state index < -0.39 is 0 Å². The molecule has 0 saturated carbocycles. The highest BCUT2D eigenvalue weighted by Gasteiger charge is 2.25. The lowest BCUT2D eigenvalue weighted by atomic mass is 9.95. The van der Waals surface area contributed by atoms with Crippen molar-refractivity contribution in [2.45, 2.75) is 19.3 Å². The van der Waals surface area contributed by atoms with Crippen molar-refractivity contribution >= 4 is 29.9 Å². The Bertz CT molecular complexity index is 615. The summed E-state index contributed by atoms with van der Waals surface area (Å²) < 4.78 is 12.9. The molecule has 1 aromatic carbocycles. The number of nitrogens with one attached hydrogen (secondary N) is 2. The number of piperidine rings is 1. The lowest BCUT2D eigenvalue weighted by molar-refractivity contribution is -0.132. The second-order valence-corrected chi connectivity index (χ2v) is 6.99. The van der Waals surface area contributed by atoms with E-state index in [-0.39, 0.29) is 36.0 Å². The van der Waals surface area contributed by atoms with Crippen LogP contribution >= 0.6 is 12.4 Å². The Kier molecular flexibility index (Phi) is 8.47. The first-order valence-electron chi connectivity index (χ1n) is 9.39. The van der Waals surface area contributed by atoms with Crippen LogP contribution in [0.5, 0.6) is 0 Å². The molecule has 2 heterocycles. The molecule has 0 aromatic heterocycles. The fraction of sp³-hybridized carbons (Fsp3) is 0.579. The maximum Gasteiger partial charge on any atom is 0.227 e. The van der Waals surface area contributed by atoms with Gasteiger partial charge in [-0.3, -0.25) is 9.59 Å². The minimum atomic E-state index is -0.313. The van der Waals surface area contributed by atoms with Gasteiger partial charge in [-0.15, -0.1) is 12.4 Å². The van der Waals surface area contributed by atoms with Crippen molar-refractivity contribution in [3.63, 3.8) is 0 Å². The zero-order valence-corrected chi connectivity index (χ0v) is 16.3. The van der Waals surface area contributed by atoms with Gasteiger partial charge in [0, 0.05) is 50.7 Å². The molecule has 2 aliphatic heterocycles. The maximum absolute atomic E-state index is 12.9. The number of nitrogens with zero attached hydrogens (tertiary/aromatic N) is 2. The molecule has 8 heteroatoms. The molecule has 6 nitrogen and oxygen atoms in total. The first-order chi connectivity index (χ1) is 12.6. The molecule has 2 amide bonds. The van der Waals surface area contributed by atoms with Crippen LogP contribution in [-0.2, 0) is 9.59 Å². The zero-order chi connectivity index (χ0) is 18.4. The fourth-order valence-corrected chi connectivity index (χ4v) is 3.52. The maximum atomic E-state index is 12.9. The molecule has 1 aromatic rings. The van der Waals surface area contributed by atoms with Gasteiger partial charge in [0.2, 0.25) is 11.8 Å². The van der Waals surface area contributed by atoms with Crippen molar-refractivity contribution in [1.29, 1.82) is 0 Å². The first-order valence-corrected chi connectivity index (χ1v) is 9.39. The predicted molar refractivity (Wildman–Crippen MR) is 106 cm³/mol. The number of halogens is 2. The summed E-state index contributed by atoms with van der Waals surface area (Å²) in [6, 6.07) is 5.83. The Labute approximate surface area is 165 Å². The number of amides is 2. The lowest BCUT2D eigenvalue weighted by Gasteiger charge is -2.32. The van der Waals surface area contributed by atoms with Crippen LogP contribution in [0.1, 0.15) is 19.3 Å². The summed E-state index contributed by atoms with van der Waals surface area (Å²) in [6.07, 6.45) is 2.12. The van der Waals surface area contributed by atoms with E-state index in [0.29, 0.717) is 12.1 Å². The van der Waals surface area contributed by atoms with E-state index in [0.717, 1.165) is 58.7 Å². The third-order valence-corrected chi connectivity index (χ3v) is 5.18. The van der Waals surface area contributed by atoms with E-state index >= 15 is 0 Å². The van der Waals surface area contributed by atoms with E-state index in [1.165, 1.54) is 12.1 Å². The third kappa shape index (κ3) is 6.45. The number of hydrogen-bond donors (Lipinski definition) is 2. The molecular weight excluding hydrogens is 371 g/mol. The van der Waals surface area contributed by atoms with Crippen molar-refractivity contribution in [3.05, 3.63) is 30.1 Å². The highest BCUT2D eigenvalue weighted by atomic mass is 35.5. The van der Waals surface area contributed by atoms with Crippen LogP contribution in [0.4, 0.5) is 10.1 Å². The van der Waals surface area contributed by atoms with Crippen molar-refractivity contribution in [2.24, 2.45) is 5.92 Å². The Morgan fingerprint density at radius 2 is 1.70 bits per heavy atom. The van der Waals surface area contributed by atoms with Crippen LogP contribution in [0.3, 0.4) is 0 Å². The third-order valence-electron chi connectivity index (χ3n) is 5.18. The van der Waals surface area contributed by atoms with Gasteiger partial charge < -0.3 is 20.4 Å². The Balaban J connectivity index is 0.00000261. The first kappa shape index (κ1) is 21.6. The number of anilines is 1. The van der Waals surface area contributed by atoms with Gasteiger partial charge in [0.15, 0.2) is 0 Å². The quantitative estimate of drug-likeness (QED) is 0.792. The molecule has 150 valence electrons. The highest BCUT2D eigenvalue weighted by Crippen LogP contribution is 2.20. The molecule has 0 atom stereocenters. The Morgan fingerprint density at radius 3 is 2.33 bits per heavy atom. The van der Waals surface area contributed by atoms with Crippen LogP contribution in [0.2, 0.25) is 0 Å². The van der Waals surface area contributed by atoms with Gasteiger partial charge in [0.25, 0.3) is 0 Å². The summed E-state index contributed by atoms with van der Waals surface area (Å²) in [5, 5.41) is 6.11. The summed E-state index contributed by atoms with van der Waals surface area (Å²) >= 11 is 0.